The van der Waals surface area contributed by atoms with Crippen molar-refractivity contribution in [3.8, 4) is 0 Å². The Morgan fingerprint density at radius 3 is 2.67 bits per heavy atom. The first-order valence-electron chi connectivity index (χ1n) is 3.32. The third-order valence-electron chi connectivity index (χ3n) is 2.34. The number of halogens is 1. The number of alkyl halides is 2. The van der Waals surface area contributed by atoms with E-state index in [1.807, 2.05) is 0 Å². The molecule has 0 amide bonds. The van der Waals surface area contributed by atoms with Crippen molar-refractivity contribution in [1.29, 1.82) is 0 Å². The van der Waals surface area contributed by atoms with Gasteiger partial charge in [-0.2, -0.15) is 0 Å². The molecule has 2 aliphatic rings. The summed E-state index contributed by atoms with van der Waals surface area (Å²) in [6.07, 6.45) is 0. The summed E-state index contributed by atoms with van der Waals surface area (Å²) in [7, 11) is 2.20. The van der Waals surface area contributed by atoms with Gasteiger partial charge >= 0.3 is 65.9 Å². The molecular formula is C6H12IN2-. The number of hydrogen-bond acceptors (Lipinski definition) is 2. The predicted octanol–water partition coefficient (Wildman–Crippen LogP) is -3.90. The van der Waals surface area contributed by atoms with Gasteiger partial charge in [0.15, 0.2) is 0 Å². The molecular weight excluding hydrogens is 227 g/mol. The van der Waals surface area contributed by atoms with Crippen LogP contribution in [-0.2, 0) is 0 Å². The van der Waals surface area contributed by atoms with Crippen LogP contribution in [0.4, 0.5) is 0 Å². The van der Waals surface area contributed by atoms with Crippen LogP contribution < -0.4 is 26.9 Å². The molecule has 2 aliphatic heterocycles. The fourth-order valence-electron chi connectivity index (χ4n) is 1.65. The van der Waals surface area contributed by atoms with Crippen LogP contribution in [0.5, 0.6) is 0 Å². The van der Waals surface area contributed by atoms with Gasteiger partial charge < -0.3 is 0 Å². The second kappa shape index (κ2) is 2.07. The summed E-state index contributed by atoms with van der Waals surface area (Å²) in [6, 6.07) is 1.31. The molecule has 0 radical (unpaired) electrons. The Hall–Kier alpha value is 0.650. The van der Waals surface area contributed by atoms with Crippen molar-refractivity contribution in [3.05, 3.63) is 0 Å². The monoisotopic (exact) mass is 239 g/mol. The number of nitrogens with two attached hydrogens (primary N) is 1. The average molecular weight is 239 g/mol. The van der Waals surface area contributed by atoms with E-state index in [9.17, 15) is 0 Å². The van der Waals surface area contributed by atoms with Crippen LogP contribution in [0.2, 0.25) is 0 Å². The molecule has 2 nitrogen and oxygen atoms in total. The number of fused-ring (bicyclic) bond motifs is 2. The van der Waals surface area contributed by atoms with E-state index >= 15 is 0 Å². The van der Waals surface area contributed by atoms with Gasteiger partial charge in [-0.25, -0.2) is 0 Å². The van der Waals surface area contributed by atoms with Gasteiger partial charge in [0.05, 0.1) is 0 Å². The number of rotatable bonds is 0. The van der Waals surface area contributed by atoms with Crippen molar-refractivity contribution in [2.24, 2.45) is 5.73 Å². The molecule has 0 aromatic carbocycles. The Bertz CT molecular complexity index is 128. The zero-order chi connectivity index (χ0) is 6.43. The molecule has 2 saturated heterocycles. The summed E-state index contributed by atoms with van der Waals surface area (Å²) in [5.74, 6) is 0. The van der Waals surface area contributed by atoms with E-state index in [1.54, 1.807) is 0 Å². The third kappa shape index (κ3) is 0.816. The van der Waals surface area contributed by atoms with Gasteiger partial charge in [0.1, 0.15) is 0 Å². The molecule has 0 aliphatic carbocycles. The van der Waals surface area contributed by atoms with Crippen LogP contribution in [0.3, 0.4) is 0 Å². The molecule has 0 aromatic rings. The summed E-state index contributed by atoms with van der Waals surface area (Å²) in [5, 5.41) is 0. The summed E-state index contributed by atoms with van der Waals surface area (Å²) in [5.41, 5.74) is 5.96. The second-order valence-corrected chi connectivity index (χ2v) is 6.27. The molecule has 2 fully saturated rings. The first-order valence-corrected chi connectivity index (χ1v) is 6.09. The summed E-state index contributed by atoms with van der Waals surface area (Å²) in [4.78, 5) is 2.43. The molecule has 0 spiro atoms. The first kappa shape index (κ1) is 6.37. The van der Waals surface area contributed by atoms with Crippen LogP contribution in [0.15, 0.2) is 0 Å². The van der Waals surface area contributed by atoms with Gasteiger partial charge in [-0.1, -0.05) is 0 Å². The van der Waals surface area contributed by atoms with Gasteiger partial charge in [-0.05, 0) is 0 Å². The van der Waals surface area contributed by atoms with Crippen LogP contribution >= 0.6 is 0 Å². The maximum atomic E-state index is 5.96. The third-order valence-corrected chi connectivity index (χ3v) is 6.10. The van der Waals surface area contributed by atoms with E-state index in [-0.39, 0.29) is 0 Å². The Morgan fingerprint density at radius 2 is 2.44 bits per heavy atom. The van der Waals surface area contributed by atoms with E-state index in [0.29, 0.717) is 27.2 Å². The summed E-state index contributed by atoms with van der Waals surface area (Å²) in [6.45, 7) is 1.29. The van der Waals surface area contributed by atoms with Gasteiger partial charge in [-0.15, -0.1) is 0 Å². The average Bonchev–Trinajstić information content (AvgIpc) is 2.25. The van der Waals surface area contributed by atoms with Gasteiger partial charge in [-0.3, -0.25) is 0 Å². The molecule has 3 unspecified atom stereocenters. The minimum absolute atomic E-state index is 0.492. The molecule has 3 heteroatoms. The summed E-state index contributed by atoms with van der Waals surface area (Å²) >= 11 is 0.492. The van der Waals surface area contributed by atoms with Crippen LogP contribution in [-0.4, -0.2) is 38.9 Å². The van der Waals surface area contributed by atoms with Gasteiger partial charge in [0.2, 0.25) is 0 Å². The normalized spacial score (nSPS) is 51.6. The molecule has 3 atom stereocenters. The number of hydrogen-bond donors (Lipinski definition) is 1. The van der Waals surface area contributed by atoms with Crippen molar-refractivity contribution >= 4 is 0 Å². The van der Waals surface area contributed by atoms with Crippen molar-refractivity contribution in [2.75, 3.05) is 18.0 Å². The topological polar surface area (TPSA) is 29.3 Å². The first-order chi connectivity index (χ1) is 4.29. The Balaban J connectivity index is 2.16. The molecule has 2 heterocycles. The Labute approximate surface area is 66.0 Å². The Morgan fingerprint density at radius 1 is 1.67 bits per heavy atom. The summed E-state index contributed by atoms with van der Waals surface area (Å²) < 4.78 is 2.38. The van der Waals surface area contributed by atoms with E-state index < -0.39 is 0 Å². The second-order valence-electron chi connectivity index (χ2n) is 2.91. The zero-order valence-corrected chi connectivity index (χ0v) is 7.71. The van der Waals surface area contributed by atoms with Gasteiger partial charge in [0.25, 0.3) is 0 Å². The number of likely N-dealkylation sites (N-methyl/N-ethyl adjacent to an activating group) is 1. The fraction of sp³-hybridized carbons (Fsp3) is 1.00. The maximum absolute atomic E-state index is 5.96. The molecule has 0 aromatic heterocycles. The fourth-order valence-corrected chi connectivity index (χ4v) is 6.05. The van der Waals surface area contributed by atoms with Crippen molar-refractivity contribution in [2.45, 2.75) is 16.0 Å². The molecule has 2 N–H and O–H groups in total. The molecule has 2 rings (SSSR count). The zero-order valence-electron chi connectivity index (χ0n) is 5.55. The molecule has 0 saturated carbocycles. The van der Waals surface area contributed by atoms with E-state index in [1.165, 1.54) is 11.0 Å². The minimum atomic E-state index is 0.492. The molecule has 2 bridgehead atoms. The quantitative estimate of drug-likeness (QED) is 0.346. The van der Waals surface area contributed by atoms with Crippen molar-refractivity contribution < 1.29 is 21.2 Å². The van der Waals surface area contributed by atoms with E-state index in [0.717, 1.165) is 9.97 Å². The van der Waals surface area contributed by atoms with E-state index in [2.05, 4.69) is 11.9 Å². The van der Waals surface area contributed by atoms with Gasteiger partial charge in [0, 0.05) is 0 Å². The van der Waals surface area contributed by atoms with Crippen molar-refractivity contribution in [1.82, 2.24) is 4.90 Å². The van der Waals surface area contributed by atoms with Crippen molar-refractivity contribution in [3.63, 3.8) is 0 Å². The molecule has 9 heavy (non-hydrogen) atoms. The SMILES string of the molecule is CN1CC2[I-]CC1C2N. The van der Waals surface area contributed by atoms with Crippen LogP contribution in [0, 0.1) is 0 Å². The van der Waals surface area contributed by atoms with Crippen LogP contribution in [0.1, 0.15) is 0 Å². The van der Waals surface area contributed by atoms with Crippen LogP contribution in [0.25, 0.3) is 0 Å². The molecule has 54 valence electrons. The number of likely N-dealkylation sites (tertiary alicyclic amines) is 1. The predicted molar refractivity (Wildman–Crippen MR) is 33.0 cm³/mol. The Kier molecular flexibility index (Phi) is 1.46. The van der Waals surface area contributed by atoms with E-state index in [4.69, 9.17) is 5.73 Å². The standard InChI is InChI=1S/C6H12IN2/c1-9-3-4-6(8)5(9)2-7-4/h4-6H,2-3,8H2,1H3/q-1. The number of nitrogens with zero attached hydrogens (tertiary/aromatic N) is 1.